The average Bonchev–Trinajstić information content (AvgIpc) is 2.97. The molecule has 0 aliphatic rings. The van der Waals surface area contributed by atoms with Crippen LogP contribution in [0.15, 0.2) is 17.0 Å². The van der Waals surface area contributed by atoms with Crippen molar-refractivity contribution in [2.75, 3.05) is 12.4 Å². The third kappa shape index (κ3) is 2.57. The van der Waals surface area contributed by atoms with E-state index < -0.39 is 5.97 Å². The zero-order valence-electron chi connectivity index (χ0n) is 9.72. The molecule has 0 aromatic carbocycles. The second-order valence-corrected chi connectivity index (χ2v) is 5.39. The lowest BCUT2D eigenvalue weighted by atomic mass is 10.3. The van der Waals surface area contributed by atoms with E-state index in [4.69, 9.17) is 0 Å². The quantitative estimate of drug-likeness (QED) is 0.878. The highest BCUT2D eigenvalue weighted by Crippen LogP contribution is 2.28. The van der Waals surface area contributed by atoms with Crippen molar-refractivity contribution in [3.05, 3.63) is 33.1 Å². The molecule has 0 atom stereocenters. The van der Waals surface area contributed by atoms with E-state index in [9.17, 15) is 9.59 Å². The Morgan fingerprint density at radius 3 is 2.83 bits per heavy atom. The molecule has 0 fully saturated rings. The van der Waals surface area contributed by atoms with Gasteiger partial charge in [-0.25, -0.2) is 9.78 Å². The minimum absolute atomic E-state index is 0.330. The Bertz CT molecular complexity index is 575. The largest absolute Gasteiger partial charge is 0.465 e. The summed E-state index contributed by atoms with van der Waals surface area (Å²) in [7, 11) is 1.31. The summed E-state index contributed by atoms with van der Waals surface area (Å²) in [6.07, 6.45) is 0. The summed E-state index contributed by atoms with van der Waals surface area (Å²) in [4.78, 5) is 28.2. The number of methoxy groups -OCH3 is 1. The van der Waals surface area contributed by atoms with Crippen molar-refractivity contribution in [2.24, 2.45) is 0 Å². The highest BCUT2D eigenvalue weighted by molar-refractivity contribution is 7.16. The van der Waals surface area contributed by atoms with E-state index in [1.807, 2.05) is 6.92 Å². The Hall–Kier alpha value is -1.73. The lowest BCUT2D eigenvalue weighted by Crippen LogP contribution is -2.13. The van der Waals surface area contributed by atoms with Crippen molar-refractivity contribution in [3.63, 3.8) is 0 Å². The molecule has 18 heavy (non-hydrogen) atoms. The first-order valence-corrected chi connectivity index (χ1v) is 6.76. The SMILES string of the molecule is COC(=O)c1cc(C)sc1NC(=O)c1cscn1. The molecule has 1 N–H and O–H groups in total. The highest BCUT2D eigenvalue weighted by atomic mass is 32.1. The smallest absolute Gasteiger partial charge is 0.340 e. The molecule has 0 saturated heterocycles. The number of thiazole rings is 1. The normalized spacial score (nSPS) is 10.1. The second kappa shape index (κ2) is 5.28. The fourth-order valence-corrected chi connectivity index (χ4v) is 2.79. The van der Waals surface area contributed by atoms with Gasteiger partial charge >= 0.3 is 5.97 Å². The lowest BCUT2D eigenvalue weighted by Gasteiger charge is -2.03. The number of carbonyl (C=O) groups is 2. The summed E-state index contributed by atoms with van der Waals surface area (Å²) in [5.74, 6) is -0.795. The highest BCUT2D eigenvalue weighted by Gasteiger charge is 2.18. The number of rotatable bonds is 3. The van der Waals surface area contributed by atoms with Crippen LogP contribution in [0.1, 0.15) is 25.7 Å². The first kappa shape index (κ1) is 12.7. The number of amides is 1. The number of aromatic nitrogens is 1. The van der Waals surface area contributed by atoms with Crippen LogP contribution in [0.5, 0.6) is 0 Å². The molecule has 0 aliphatic heterocycles. The summed E-state index contributed by atoms with van der Waals surface area (Å²) in [6, 6.07) is 1.69. The average molecular weight is 282 g/mol. The van der Waals surface area contributed by atoms with Gasteiger partial charge in [0.2, 0.25) is 0 Å². The van der Waals surface area contributed by atoms with Crippen LogP contribution in [0.25, 0.3) is 0 Å². The molecule has 0 bridgehead atoms. The Balaban J connectivity index is 2.24. The summed E-state index contributed by atoms with van der Waals surface area (Å²) < 4.78 is 4.67. The van der Waals surface area contributed by atoms with Gasteiger partial charge in [-0.3, -0.25) is 4.79 Å². The maximum atomic E-state index is 11.8. The Morgan fingerprint density at radius 2 is 2.22 bits per heavy atom. The maximum Gasteiger partial charge on any atom is 0.340 e. The molecule has 2 rings (SSSR count). The van der Waals surface area contributed by atoms with Crippen LogP contribution in [-0.2, 0) is 4.74 Å². The Labute approximate surface area is 111 Å². The monoisotopic (exact) mass is 282 g/mol. The number of nitrogens with one attached hydrogen (secondary N) is 1. The van der Waals surface area contributed by atoms with Gasteiger partial charge in [-0.1, -0.05) is 0 Å². The zero-order chi connectivity index (χ0) is 13.1. The predicted molar refractivity (Wildman–Crippen MR) is 70.5 cm³/mol. The van der Waals surface area contributed by atoms with E-state index in [2.05, 4.69) is 15.0 Å². The van der Waals surface area contributed by atoms with E-state index in [-0.39, 0.29) is 5.91 Å². The van der Waals surface area contributed by atoms with Crippen LogP contribution in [-0.4, -0.2) is 24.0 Å². The number of anilines is 1. The van der Waals surface area contributed by atoms with Crippen LogP contribution in [0.2, 0.25) is 0 Å². The van der Waals surface area contributed by atoms with E-state index in [1.54, 1.807) is 17.0 Å². The fraction of sp³-hybridized carbons (Fsp3) is 0.182. The lowest BCUT2D eigenvalue weighted by molar-refractivity contribution is 0.0602. The molecule has 7 heteroatoms. The van der Waals surface area contributed by atoms with Crippen molar-refractivity contribution < 1.29 is 14.3 Å². The first-order chi connectivity index (χ1) is 8.61. The van der Waals surface area contributed by atoms with Crippen molar-refractivity contribution in [1.29, 1.82) is 0 Å². The van der Waals surface area contributed by atoms with Gasteiger partial charge in [0.1, 0.15) is 10.7 Å². The number of hydrogen-bond donors (Lipinski definition) is 1. The molecule has 94 valence electrons. The van der Waals surface area contributed by atoms with Gasteiger partial charge in [0.25, 0.3) is 5.91 Å². The molecule has 1 amide bonds. The van der Waals surface area contributed by atoms with Gasteiger partial charge in [0.05, 0.1) is 18.2 Å². The molecule has 0 radical (unpaired) electrons. The summed E-state index contributed by atoms with van der Waals surface area (Å²) in [5.41, 5.74) is 2.28. The predicted octanol–water partition coefficient (Wildman–Crippen LogP) is 2.55. The number of thiophene rings is 1. The Kier molecular flexibility index (Phi) is 3.73. The summed E-state index contributed by atoms with van der Waals surface area (Å²) in [6.45, 7) is 1.86. The van der Waals surface area contributed by atoms with E-state index in [1.165, 1.54) is 29.8 Å². The van der Waals surface area contributed by atoms with Gasteiger partial charge in [-0.2, -0.15) is 0 Å². The third-order valence-electron chi connectivity index (χ3n) is 2.15. The summed E-state index contributed by atoms with van der Waals surface area (Å²) in [5, 5.41) is 4.80. The van der Waals surface area contributed by atoms with Crippen LogP contribution in [0.4, 0.5) is 5.00 Å². The van der Waals surface area contributed by atoms with Crippen molar-refractivity contribution in [3.8, 4) is 0 Å². The van der Waals surface area contributed by atoms with Crippen LogP contribution in [0.3, 0.4) is 0 Å². The van der Waals surface area contributed by atoms with Crippen molar-refractivity contribution >= 4 is 39.6 Å². The third-order valence-corrected chi connectivity index (χ3v) is 3.71. The standard InChI is InChI=1S/C11H10N2O3S2/c1-6-3-7(11(15)16-2)10(18-6)13-9(14)8-4-17-5-12-8/h3-5H,1-2H3,(H,13,14). The molecule has 0 unspecified atom stereocenters. The van der Waals surface area contributed by atoms with Crippen LogP contribution >= 0.6 is 22.7 Å². The van der Waals surface area contributed by atoms with Gasteiger partial charge in [0, 0.05) is 10.3 Å². The summed E-state index contributed by atoms with van der Waals surface area (Å²) >= 11 is 2.67. The molecule has 5 nitrogen and oxygen atoms in total. The first-order valence-electron chi connectivity index (χ1n) is 5.00. The van der Waals surface area contributed by atoms with Crippen molar-refractivity contribution in [1.82, 2.24) is 4.98 Å². The fourth-order valence-electron chi connectivity index (χ4n) is 1.36. The minimum atomic E-state index is -0.465. The van der Waals surface area contributed by atoms with E-state index in [0.29, 0.717) is 16.3 Å². The van der Waals surface area contributed by atoms with Gasteiger partial charge in [-0.05, 0) is 13.0 Å². The van der Waals surface area contributed by atoms with Gasteiger partial charge in [0.15, 0.2) is 0 Å². The molecule has 0 aliphatic carbocycles. The molecule has 2 heterocycles. The number of ether oxygens (including phenoxy) is 1. The molecular weight excluding hydrogens is 272 g/mol. The Morgan fingerprint density at radius 1 is 1.44 bits per heavy atom. The van der Waals surface area contributed by atoms with E-state index in [0.717, 1.165) is 4.88 Å². The van der Waals surface area contributed by atoms with Gasteiger partial charge in [-0.15, -0.1) is 22.7 Å². The van der Waals surface area contributed by atoms with Crippen LogP contribution < -0.4 is 5.32 Å². The number of nitrogens with zero attached hydrogens (tertiary/aromatic N) is 1. The van der Waals surface area contributed by atoms with Gasteiger partial charge < -0.3 is 10.1 Å². The van der Waals surface area contributed by atoms with E-state index >= 15 is 0 Å². The minimum Gasteiger partial charge on any atom is -0.465 e. The topological polar surface area (TPSA) is 68.3 Å². The molecule has 0 saturated carbocycles. The molecule has 2 aromatic rings. The number of esters is 1. The number of carbonyl (C=O) groups excluding carboxylic acids is 2. The maximum absolute atomic E-state index is 11.8. The molecule has 0 spiro atoms. The number of aryl methyl sites for hydroxylation is 1. The second-order valence-electron chi connectivity index (χ2n) is 3.42. The zero-order valence-corrected chi connectivity index (χ0v) is 11.4. The van der Waals surface area contributed by atoms with Crippen LogP contribution in [0, 0.1) is 6.92 Å². The molecule has 2 aromatic heterocycles. The number of hydrogen-bond acceptors (Lipinski definition) is 6. The molecular formula is C11H10N2O3S2. The van der Waals surface area contributed by atoms with Crippen molar-refractivity contribution in [2.45, 2.75) is 6.92 Å².